The van der Waals surface area contributed by atoms with Crippen molar-refractivity contribution in [1.82, 2.24) is 0 Å². The molecule has 1 aliphatic heterocycles. The second-order valence-electron chi connectivity index (χ2n) is 5.40. The van der Waals surface area contributed by atoms with Crippen molar-refractivity contribution in [1.29, 1.82) is 0 Å². The Morgan fingerprint density at radius 2 is 1.95 bits per heavy atom. The summed E-state index contributed by atoms with van der Waals surface area (Å²) < 4.78 is 5.74. The van der Waals surface area contributed by atoms with Gasteiger partial charge in [0.2, 0.25) is 0 Å². The van der Waals surface area contributed by atoms with Crippen LogP contribution >= 0.6 is 11.6 Å². The van der Waals surface area contributed by atoms with Gasteiger partial charge in [0.1, 0.15) is 5.75 Å². The molecule has 0 saturated heterocycles. The molecule has 1 heterocycles. The minimum absolute atomic E-state index is 0.208. The Balaban J connectivity index is 2.06. The number of aryl methyl sites for hydroxylation is 2. The Morgan fingerprint density at radius 1 is 1.15 bits per heavy atom. The van der Waals surface area contributed by atoms with Gasteiger partial charge in [0.25, 0.3) is 0 Å². The van der Waals surface area contributed by atoms with Crippen molar-refractivity contribution in [2.24, 2.45) is 5.73 Å². The zero-order valence-corrected chi connectivity index (χ0v) is 12.5. The van der Waals surface area contributed by atoms with Crippen molar-refractivity contribution < 1.29 is 4.74 Å². The van der Waals surface area contributed by atoms with Gasteiger partial charge in [0, 0.05) is 17.0 Å². The van der Waals surface area contributed by atoms with Crippen LogP contribution in [-0.4, -0.2) is 6.61 Å². The molecule has 0 amide bonds. The SMILES string of the molecule is Cc1ccc(C(N)c2cc(Cl)cc3c2OCC3)cc1C. The zero-order chi connectivity index (χ0) is 14.3. The molecule has 0 aromatic heterocycles. The summed E-state index contributed by atoms with van der Waals surface area (Å²) in [4.78, 5) is 0. The van der Waals surface area contributed by atoms with E-state index in [1.807, 2.05) is 12.1 Å². The van der Waals surface area contributed by atoms with E-state index in [1.54, 1.807) is 0 Å². The van der Waals surface area contributed by atoms with Crippen molar-refractivity contribution in [3.8, 4) is 5.75 Å². The molecule has 0 bridgehead atoms. The molecule has 0 aliphatic carbocycles. The smallest absolute Gasteiger partial charge is 0.127 e. The maximum absolute atomic E-state index is 6.44. The molecule has 1 aliphatic rings. The van der Waals surface area contributed by atoms with Crippen LogP contribution in [0.4, 0.5) is 0 Å². The van der Waals surface area contributed by atoms with Gasteiger partial charge < -0.3 is 10.5 Å². The molecule has 2 aromatic rings. The summed E-state index contributed by atoms with van der Waals surface area (Å²) in [6.45, 7) is 4.91. The maximum Gasteiger partial charge on any atom is 0.127 e. The van der Waals surface area contributed by atoms with Crippen LogP contribution in [0, 0.1) is 13.8 Å². The third-order valence-corrected chi connectivity index (χ3v) is 4.22. The summed E-state index contributed by atoms with van der Waals surface area (Å²) >= 11 is 6.21. The number of halogens is 1. The van der Waals surface area contributed by atoms with E-state index in [1.165, 1.54) is 11.1 Å². The highest BCUT2D eigenvalue weighted by molar-refractivity contribution is 6.30. The minimum atomic E-state index is -0.208. The molecular weight excluding hydrogens is 270 g/mol. The lowest BCUT2D eigenvalue weighted by atomic mass is 9.94. The van der Waals surface area contributed by atoms with Crippen LogP contribution in [0.3, 0.4) is 0 Å². The van der Waals surface area contributed by atoms with Gasteiger partial charge in [-0.2, -0.15) is 0 Å². The summed E-state index contributed by atoms with van der Waals surface area (Å²) in [6.07, 6.45) is 0.905. The van der Waals surface area contributed by atoms with Gasteiger partial charge in [-0.05, 0) is 48.2 Å². The molecule has 1 unspecified atom stereocenters. The normalized spacial score (nSPS) is 14.8. The first-order valence-electron chi connectivity index (χ1n) is 6.84. The van der Waals surface area contributed by atoms with E-state index in [2.05, 4.69) is 32.0 Å². The van der Waals surface area contributed by atoms with Crippen molar-refractivity contribution in [2.75, 3.05) is 6.61 Å². The van der Waals surface area contributed by atoms with E-state index in [0.29, 0.717) is 6.61 Å². The number of nitrogens with two attached hydrogens (primary N) is 1. The maximum atomic E-state index is 6.44. The Labute approximate surface area is 124 Å². The summed E-state index contributed by atoms with van der Waals surface area (Å²) in [5, 5.41) is 0.725. The van der Waals surface area contributed by atoms with E-state index in [4.69, 9.17) is 22.1 Å². The highest BCUT2D eigenvalue weighted by atomic mass is 35.5. The first-order valence-corrected chi connectivity index (χ1v) is 7.22. The molecule has 3 rings (SSSR count). The molecule has 2 N–H and O–H groups in total. The Hall–Kier alpha value is -1.51. The number of ether oxygens (including phenoxy) is 1. The van der Waals surface area contributed by atoms with Crippen LogP contribution in [0.25, 0.3) is 0 Å². The van der Waals surface area contributed by atoms with E-state index in [-0.39, 0.29) is 6.04 Å². The first kappa shape index (κ1) is 13.5. The van der Waals surface area contributed by atoms with Gasteiger partial charge in [-0.25, -0.2) is 0 Å². The Kier molecular flexibility index (Phi) is 3.45. The largest absolute Gasteiger partial charge is 0.493 e. The fraction of sp³-hybridized carbons (Fsp3) is 0.294. The molecule has 20 heavy (non-hydrogen) atoms. The summed E-state index contributed by atoms with van der Waals surface area (Å²) in [6, 6.07) is 10.0. The second kappa shape index (κ2) is 5.12. The fourth-order valence-corrected chi connectivity index (χ4v) is 2.92. The molecular formula is C17H18ClNO. The van der Waals surface area contributed by atoms with Gasteiger partial charge in [-0.3, -0.25) is 0 Å². The van der Waals surface area contributed by atoms with Crippen LogP contribution in [0.5, 0.6) is 5.75 Å². The standard InChI is InChI=1S/C17H18ClNO/c1-10-3-4-12(7-11(10)2)16(19)15-9-14(18)8-13-5-6-20-17(13)15/h3-4,7-9,16H,5-6,19H2,1-2H3. The average molecular weight is 288 g/mol. The first-order chi connectivity index (χ1) is 9.56. The highest BCUT2D eigenvalue weighted by Crippen LogP contribution is 2.37. The predicted octanol–water partition coefficient (Wildman–Crippen LogP) is 3.94. The Morgan fingerprint density at radius 3 is 2.70 bits per heavy atom. The summed E-state index contributed by atoms with van der Waals surface area (Å²) in [7, 11) is 0. The lowest BCUT2D eigenvalue weighted by molar-refractivity contribution is 0.352. The van der Waals surface area contributed by atoms with E-state index in [0.717, 1.165) is 33.9 Å². The number of hydrogen-bond acceptors (Lipinski definition) is 2. The quantitative estimate of drug-likeness (QED) is 0.908. The van der Waals surface area contributed by atoms with E-state index in [9.17, 15) is 0 Å². The molecule has 104 valence electrons. The predicted molar refractivity (Wildman–Crippen MR) is 82.6 cm³/mol. The minimum Gasteiger partial charge on any atom is -0.493 e. The molecule has 0 fully saturated rings. The van der Waals surface area contributed by atoms with Crippen molar-refractivity contribution in [3.63, 3.8) is 0 Å². The molecule has 0 spiro atoms. The van der Waals surface area contributed by atoms with Gasteiger partial charge in [0.05, 0.1) is 12.6 Å². The lowest BCUT2D eigenvalue weighted by Crippen LogP contribution is -2.13. The molecule has 1 atom stereocenters. The zero-order valence-electron chi connectivity index (χ0n) is 11.7. The Bertz CT molecular complexity index is 666. The van der Waals surface area contributed by atoms with Crippen LogP contribution in [0.1, 0.15) is 33.9 Å². The molecule has 2 aromatic carbocycles. The van der Waals surface area contributed by atoms with Gasteiger partial charge in [-0.1, -0.05) is 29.8 Å². The highest BCUT2D eigenvalue weighted by Gasteiger charge is 2.22. The van der Waals surface area contributed by atoms with Gasteiger partial charge in [0.15, 0.2) is 0 Å². The third-order valence-electron chi connectivity index (χ3n) is 4.00. The molecule has 3 heteroatoms. The third kappa shape index (κ3) is 2.30. The number of hydrogen-bond donors (Lipinski definition) is 1. The van der Waals surface area contributed by atoms with E-state index >= 15 is 0 Å². The van der Waals surface area contributed by atoms with Crippen molar-refractivity contribution in [2.45, 2.75) is 26.3 Å². The van der Waals surface area contributed by atoms with Crippen molar-refractivity contribution >= 4 is 11.6 Å². The summed E-state index contributed by atoms with van der Waals surface area (Å²) in [5.74, 6) is 0.917. The molecule has 0 saturated carbocycles. The van der Waals surface area contributed by atoms with Gasteiger partial charge >= 0.3 is 0 Å². The van der Waals surface area contributed by atoms with E-state index < -0.39 is 0 Å². The monoisotopic (exact) mass is 287 g/mol. The van der Waals surface area contributed by atoms with Crippen LogP contribution in [0.15, 0.2) is 30.3 Å². The number of fused-ring (bicyclic) bond motifs is 1. The van der Waals surface area contributed by atoms with Crippen molar-refractivity contribution in [3.05, 3.63) is 63.2 Å². The van der Waals surface area contributed by atoms with Crippen LogP contribution in [0.2, 0.25) is 5.02 Å². The number of rotatable bonds is 2. The summed E-state index contributed by atoms with van der Waals surface area (Å²) in [5.41, 5.74) is 12.2. The fourth-order valence-electron chi connectivity index (χ4n) is 2.67. The topological polar surface area (TPSA) is 35.2 Å². The van der Waals surface area contributed by atoms with Crippen LogP contribution in [-0.2, 0) is 6.42 Å². The average Bonchev–Trinajstić information content (AvgIpc) is 2.88. The number of benzene rings is 2. The van der Waals surface area contributed by atoms with Gasteiger partial charge in [-0.15, -0.1) is 0 Å². The molecule has 0 radical (unpaired) electrons. The van der Waals surface area contributed by atoms with Crippen LogP contribution < -0.4 is 10.5 Å². The molecule has 2 nitrogen and oxygen atoms in total. The lowest BCUT2D eigenvalue weighted by Gasteiger charge is -2.17. The second-order valence-corrected chi connectivity index (χ2v) is 5.84.